The zero-order valence-electron chi connectivity index (χ0n) is 6.88. The molecule has 3 atom stereocenters. The predicted molar refractivity (Wildman–Crippen MR) is 47.0 cm³/mol. The van der Waals surface area contributed by atoms with Crippen LogP contribution >= 0.6 is 0 Å². The molecule has 1 aliphatic heterocycles. The van der Waals surface area contributed by atoms with Gasteiger partial charge in [-0.15, -0.1) is 0 Å². The van der Waals surface area contributed by atoms with Crippen LogP contribution in [0.25, 0.3) is 0 Å². The Hall–Kier alpha value is 0.110. The molecule has 2 aliphatic rings. The van der Waals surface area contributed by atoms with Crippen molar-refractivity contribution in [3.8, 4) is 0 Å². The first-order chi connectivity index (χ1) is 5.29. The quantitative estimate of drug-likeness (QED) is 0.626. The summed E-state index contributed by atoms with van der Waals surface area (Å²) in [5.41, 5.74) is 0. The van der Waals surface area contributed by atoms with E-state index < -0.39 is 10.8 Å². The van der Waals surface area contributed by atoms with E-state index in [2.05, 4.69) is 12.2 Å². The Balaban J connectivity index is 2.01. The Bertz CT molecular complexity index is 179. The van der Waals surface area contributed by atoms with Crippen molar-refractivity contribution in [3.05, 3.63) is 0 Å². The molecule has 2 rings (SSSR count). The maximum Gasteiger partial charge on any atom is 0.0476 e. The van der Waals surface area contributed by atoms with Crippen LogP contribution in [-0.2, 0) is 10.8 Å². The maximum absolute atomic E-state index is 11.4. The van der Waals surface area contributed by atoms with Crippen LogP contribution in [0.1, 0.15) is 19.8 Å². The topological polar surface area (TPSA) is 29.1 Å². The van der Waals surface area contributed by atoms with Gasteiger partial charge in [-0.05, 0) is 25.7 Å². The molecular formula is C8H15NOS. The highest BCUT2D eigenvalue weighted by Crippen LogP contribution is 2.35. The molecule has 0 amide bonds. The van der Waals surface area contributed by atoms with Crippen molar-refractivity contribution in [1.29, 1.82) is 0 Å². The monoisotopic (exact) mass is 173 g/mol. The van der Waals surface area contributed by atoms with E-state index in [1.165, 1.54) is 12.8 Å². The highest BCUT2D eigenvalue weighted by Gasteiger charge is 2.38. The largest absolute Gasteiger partial charge is 0.312 e. The molecule has 0 aromatic heterocycles. The van der Waals surface area contributed by atoms with E-state index in [1.54, 1.807) is 0 Å². The van der Waals surface area contributed by atoms with E-state index in [9.17, 15) is 4.21 Å². The van der Waals surface area contributed by atoms with Gasteiger partial charge >= 0.3 is 0 Å². The van der Waals surface area contributed by atoms with Gasteiger partial charge in [-0.3, -0.25) is 4.21 Å². The van der Waals surface area contributed by atoms with Crippen molar-refractivity contribution in [2.24, 2.45) is 5.92 Å². The minimum atomic E-state index is -0.558. The molecule has 3 heteroatoms. The molecule has 1 saturated carbocycles. The second kappa shape index (κ2) is 2.87. The van der Waals surface area contributed by atoms with Gasteiger partial charge in [-0.1, -0.05) is 0 Å². The minimum absolute atomic E-state index is 0.385. The summed E-state index contributed by atoms with van der Waals surface area (Å²) in [6.07, 6.45) is 2.69. The predicted octanol–water partition coefficient (Wildman–Crippen LogP) is 0.505. The summed E-state index contributed by atoms with van der Waals surface area (Å²) in [7, 11) is -0.558. The molecule has 0 aromatic carbocycles. The van der Waals surface area contributed by atoms with Gasteiger partial charge in [0.05, 0.1) is 0 Å². The van der Waals surface area contributed by atoms with E-state index in [1.807, 2.05) is 0 Å². The molecule has 64 valence electrons. The normalized spacial score (nSPS) is 45.7. The van der Waals surface area contributed by atoms with Gasteiger partial charge in [0.1, 0.15) is 0 Å². The third-order valence-corrected chi connectivity index (χ3v) is 4.46. The standard InChI is InChI=1S/C8H15NOS/c1-6-8(7-2-3-7)9-4-5-11(6)10/h6-9H,2-5H2,1H3. The molecule has 0 spiro atoms. The molecule has 1 N–H and O–H groups in total. The first kappa shape index (κ1) is 7.74. The van der Waals surface area contributed by atoms with Crippen LogP contribution < -0.4 is 5.32 Å². The van der Waals surface area contributed by atoms with Gasteiger partial charge in [0.2, 0.25) is 0 Å². The summed E-state index contributed by atoms with van der Waals surface area (Å²) in [5.74, 6) is 1.69. The highest BCUT2D eigenvalue weighted by atomic mass is 32.2. The molecule has 1 saturated heterocycles. The van der Waals surface area contributed by atoms with Crippen molar-refractivity contribution in [1.82, 2.24) is 5.32 Å². The van der Waals surface area contributed by atoms with Crippen LogP contribution in [0.15, 0.2) is 0 Å². The van der Waals surface area contributed by atoms with Crippen molar-refractivity contribution in [3.63, 3.8) is 0 Å². The molecule has 0 radical (unpaired) electrons. The summed E-state index contributed by atoms with van der Waals surface area (Å²) in [6.45, 7) is 3.07. The molecule has 1 heterocycles. The number of nitrogens with one attached hydrogen (secondary N) is 1. The average molecular weight is 173 g/mol. The summed E-state index contributed by atoms with van der Waals surface area (Å²) < 4.78 is 11.4. The first-order valence-electron chi connectivity index (χ1n) is 4.39. The van der Waals surface area contributed by atoms with Gasteiger partial charge in [0.15, 0.2) is 0 Å². The Morgan fingerprint density at radius 1 is 1.45 bits per heavy atom. The summed E-state index contributed by atoms with van der Waals surface area (Å²) in [6, 6.07) is 0.560. The number of rotatable bonds is 1. The molecule has 0 aromatic rings. The fourth-order valence-electron chi connectivity index (χ4n) is 1.85. The van der Waals surface area contributed by atoms with Crippen molar-refractivity contribution in [2.75, 3.05) is 12.3 Å². The lowest BCUT2D eigenvalue weighted by Crippen LogP contribution is -2.49. The molecule has 2 fully saturated rings. The lowest BCUT2D eigenvalue weighted by Gasteiger charge is -2.29. The van der Waals surface area contributed by atoms with E-state index in [4.69, 9.17) is 0 Å². The summed E-state index contributed by atoms with van der Waals surface area (Å²) >= 11 is 0. The Kier molecular flexibility index (Phi) is 2.02. The summed E-state index contributed by atoms with van der Waals surface area (Å²) in [5, 5.41) is 3.85. The lowest BCUT2D eigenvalue weighted by atomic mass is 10.1. The SMILES string of the molecule is CC1C(C2CC2)NCCS1=O. The second-order valence-corrected chi connectivity index (χ2v) is 5.52. The van der Waals surface area contributed by atoms with E-state index in [-0.39, 0.29) is 0 Å². The summed E-state index contributed by atoms with van der Waals surface area (Å²) in [4.78, 5) is 0. The molecule has 3 unspecified atom stereocenters. The molecular weight excluding hydrogens is 158 g/mol. The smallest absolute Gasteiger partial charge is 0.0476 e. The van der Waals surface area contributed by atoms with E-state index in [0.29, 0.717) is 11.3 Å². The molecule has 2 nitrogen and oxygen atoms in total. The lowest BCUT2D eigenvalue weighted by molar-refractivity contribution is 0.450. The minimum Gasteiger partial charge on any atom is -0.312 e. The van der Waals surface area contributed by atoms with Gasteiger partial charge in [0, 0.05) is 34.4 Å². The molecule has 11 heavy (non-hydrogen) atoms. The van der Waals surface area contributed by atoms with Crippen LogP contribution in [0.5, 0.6) is 0 Å². The molecule has 1 aliphatic carbocycles. The first-order valence-corrected chi connectivity index (χ1v) is 5.78. The molecule has 0 bridgehead atoms. The van der Waals surface area contributed by atoms with Crippen LogP contribution in [-0.4, -0.2) is 27.8 Å². The van der Waals surface area contributed by atoms with Crippen molar-refractivity contribution < 1.29 is 4.21 Å². The third kappa shape index (κ3) is 1.49. The Labute approximate surface area is 70.2 Å². The zero-order chi connectivity index (χ0) is 7.84. The van der Waals surface area contributed by atoms with Gasteiger partial charge < -0.3 is 5.32 Å². The van der Waals surface area contributed by atoms with E-state index >= 15 is 0 Å². The Morgan fingerprint density at radius 2 is 2.18 bits per heavy atom. The fraction of sp³-hybridized carbons (Fsp3) is 1.00. The number of hydrogen-bond acceptors (Lipinski definition) is 2. The van der Waals surface area contributed by atoms with Crippen LogP contribution in [0.2, 0.25) is 0 Å². The maximum atomic E-state index is 11.4. The third-order valence-electron chi connectivity index (χ3n) is 2.73. The highest BCUT2D eigenvalue weighted by molar-refractivity contribution is 7.85. The zero-order valence-corrected chi connectivity index (χ0v) is 7.69. The van der Waals surface area contributed by atoms with E-state index in [0.717, 1.165) is 18.2 Å². The Morgan fingerprint density at radius 3 is 2.82 bits per heavy atom. The van der Waals surface area contributed by atoms with Crippen LogP contribution in [0, 0.1) is 5.92 Å². The van der Waals surface area contributed by atoms with Gasteiger partial charge in [0.25, 0.3) is 0 Å². The van der Waals surface area contributed by atoms with Crippen LogP contribution in [0.3, 0.4) is 0 Å². The van der Waals surface area contributed by atoms with Crippen molar-refractivity contribution in [2.45, 2.75) is 31.1 Å². The second-order valence-electron chi connectivity index (χ2n) is 3.61. The fourth-order valence-corrected chi connectivity index (χ4v) is 3.18. The van der Waals surface area contributed by atoms with Gasteiger partial charge in [-0.25, -0.2) is 0 Å². The van der Waals surface area contributed by atoms with Crippen LogP contribution in [0.4, 0.5) is 0 Å². The van der Waals surface area contributed by atoms with Gasteiger partial charge in [-0.2, -0.15) is 0 Å². The van der Waals surface area contributed by atoms with Crippen molar-refractivity contribution >= 4 is 10.8 Å². The average Bonchev–Trinajstić information content (AvgIpc) is 2.77. The number of hydrogen-bond donors (Lipinski definition) is 1.